The van der Waals surface area contributed by atoms with Crippen LogP contribution in [0, 0.1) is 0 Å². The van der Waals surface area contributed by atoms with E-state index in [1.54, 1.807) is 14.2 Å². The van der Waals surface area contributed by atoms with E-state index in [2.05, 4.69) is 5.32 Å². The second kappa shape index (κ2) is 9.69. The van der Waals surface area contributed by atoms with Gasteiger partial charge in [-0.25, -0.2) is 0 Å². The van der Waals surface area contributed by atoms with Gasteiger partial charge in [-0.1, -0.05) is 24.3 Å². The highest BCUT2D eigenvalue weighted by molar-refractivity contribution is 5.77. The summed E-state index contributed by atoms with van der Waals surface area (Å²) in [6, 6.07) is 15.8. The molecular weight excluding hydrogens is 316 g/mol. The second-order valence-corrected chi connectivity index (χ2v) is 5.97. The Bertz CT molecular complexity index is 654. The molecule has 25 heavy (non-hydrogen) atoms. The quantitative estimate of drug-likeness (QED) is 0.761. The molecule has 0 bridgehead atoms. The van der Waals surface area contributed by atoms with E-state index in [0.29, 0.717) is 13.1 Å². The average molecular weight is 342 g/mol. The van der Waals surface area contributed by atoms with E-state index in [-0.39, 0.29) is 5.91 Å². The molecule has 2 aromatic rings. The molecule has 0 saturated carbocycles. The number of hydrogen-bond donors (Lipinski definition) is 1. The lowest BCUT2D eigenvalue weighted by molar-refractivity contribution is -0.122. The van der Waals surface area contributed by atoms with Gasteiger partial charge in [-0.3, -0.25) is 9.69 Å². The molecule has 2 rings (SSSR count). The standard InChI is InChI=1S/C20H26N2O3/c1-22(14-17-6-10-19(25-3)11-7-17)15-20(23)21-13-12-16-4-8-18(24-2)9-5-16/h4-11H,12-15H2,1-3H3,(H,21,23). The molecule has 0 aliphatic heterocycles. The summed E-state index contributed by atoms with van der Waals surface area (Å²) in [4.78, 5) is 14.0. The van der Waals surface area contributed by atoms with E-state index in [0.717, 1.165) is 30.0 Å². The molecule has 5 heteroatoms. The van der Waals surface area contributed by atoms with E-state index in [1.165, 1.54) is 5.56 Å². The summed E-state index contributed by atoms with van der Waals surface area (Å²) in [5.74, 6) is 1.71. The number of nitrogens with one attached hydrogen (secondary N) is 1. The van der Waals surface area contributed by atoms with Crippen molar-refractivity contribution in [3.8, 4) is 11.5 Å². The fourth-order valence-electron chi connectivity index (χ4n) is 2.54. The Balaban J connectivity index is 1.69. The van der Waals surface area contributed by atoms with E-state index in [1.807, 2.05) is 60.5 Å². The van der Waals surface area contributed by atoms with Gasteiger partial charge >= 0.3 is 0 Å². The van der Waals surface area contributed by atoms with Gasteiger partial charge in [0.05, 0.1) is 20.8 Å². The summed E-state index contributed by atoms with van der Waals surface area (Å²) in [6.45, 7) is 1.71. The van der Waals surface area contributed by atoms with Gasteiger partial charge in [0.25, 0.3) is 0 Å². The van der Waals surface area contributed by atoms with Crippen LogP contribution in [0.3, 0.4) is 0 Å². The van der Waals surface area contributed by atoms with Gasteiger partial charge in [0, 0.05) is 13.1 Å². The maximum Gasteiger partial charge on any atom is 0.234 e. The van der Waals surface area contributed by atoms with Crippen LogP contribution in [-0.4, -0.2) is 45.2 Å². The second-order valence-electron chi connectivity index (χ2n) is 5.97. The lowest BCUT2D eigenvalue weighted by Gasteiger charge is -2.16. The highest BCUT2D eigenvalue weighted by Crippen LogP contribution is 2.13. The SMILES string of the molecule is COc1ccc(CCNC(=O)CN(C)Cc2ccc(OC)cc2)cc1. The Morgan fingerprint density at radius 2 is 1.44 bits per heavy atom. The minimum atomic E-state index is 0.0320. The number of ether oxygens (including phenoxy) is 2. The van der Waals surface area contributed by atoms with Crippen molar-refractivity contribution in [3.63, 3.8) is 0 Å². The minimum Gasteiger partial charge on any atom is -0.497 e. The molecular formula is C20H26N2O3. The predicted octanol–water partition coefficient (Wildman–Crippen LogP) is 2.49. The molecule has 2 aromatic carbocycles. The van der Waals surface area contributed by atoms with E-state index in [4.69, 9.17) is 9.47 Å². The van der Waals surface area contributed by atoms with Gasteiger partial charge in [0.15, 0.2) is 0 Å². The molecule has 0 radical (unpaired) electrons. The van der Waals surface area contributed by atoms with Gasteiger partial charge in [0.1, 0.15) is 11.5 Å². The van der Waals surface area contributed by atoms with Crippen LogP contribution in [0.2, 0.25) is 0 Å². The van der Waals surface area contributed by atoms with Gasteiger partial charge in [-0.2, -0.15) is 0 Å². The van der Waals surface area contributed by atoms with Crippen molar-refractivity contribution in [2.45, 2.75) is 13.0 Å². The molecule has 0 aromatic heterocycles. The fraction of sp³-hybridized carbons (Fsp3) is 0.350. The lowest BCUT2D eigenvalue weighted by Crippen LogP contribution is -2.35. The first-order valence-electron chi connectivity index (χ1n) is 8.32. The zero-order chi connectivity index (χ0) is 18.1. The van der Waals surface area contributed by atoms with E-state index >= 15 is 0 Å². The van der Waals surface area contributed by atoms with Gasteiger partial charge in [0.2, 0.25) is 5.91 Å². The van der Waals surface area contributed by atoms with Crippen molar-refractivity contribution in [2.75, 3.05) is 34.4 Å². The first kappa shape index (κ1) is 18.8. The van der Waals surface area contributed by atoms with Crippen molar-refractivity contribution in [3.05, 3.63) is 59.7 Å². The van der Waals surface area contributed by atoms with Crippen molar-refractivity contribution in [1.82, 2.24) is 10.2 Å². The minimum absolute atomic E-state index is 0.0320. The molecule has 0 aliphatic rings. The van der Waals surface area contributed by atoms with Crippen LogP contribution in [0.4, 0.5) is 0 Å². The number of amides is 1. The van der Waals surface area contributed by atoms with Crippen LogP contribution in [0.15, 0.2) is 48.5 Å². The van der Waals surface area contributed by atoms with Gasteiger partial charge < -0.3 is 14.8 Å². The molecule has 0 unspecified atom stereocenters. The third-order valence-electron chi connectivity index (χ3n) is 3.92. The molecule has 0 spiro atoms. The molecule has 0 atom stereocenters. The van der Waals surface area contributed by atoms with Crippen LogP contribution in [-0.2, 0) is 17.8 Å². The van der Waals surface area contributed by atoms with Gasteiger partial charge in [-0.15, -0.1) is 0 Å². The Morgan fingerprint density at radius 3 is 1.96 bits per heavy atom. The largest absolute Gasteiger partial charge is 0.497 e. The third-order valence-corrected chi connectivity index (χ3v) is 3.92. The van der Waals surface area contributed by atoms with E-state index < -0.39 is 0 Å². The molecule has 5 nitrogen and oxygen atoms in total. The summed E-state index contributed by atoms with van der Waals surface area (Å²) in [5, 5.41) is 2.96. The Kier molecular flexibility index (Phi) is 7.29. The van der Waals surface area contributed by atoms with Crippen LogP contribution in [0.5, 0.6) is 11.5 Å². The maximum atomic E-state index is 12.0. The molecule has 0 saturated heterocycles. The highest BCUT2D eigenvalue weighted by atomic mass is 16.5. The number of hydrogen-bond acceptors (Lipinski definition) is 4. The predicted molar refractivity (Wildman–Crippen MR) is 99.0 cm³/mol. The Hall–Kier alpha value is -2.53. The number of nitrogens with zero attached hydrogens (tertiary/aromatic N) is 1. The normalized spacial score (nSPS) is 10.6. The van der Waals surface area contributed by atoms with Crippen LogP contribution < -0.4 is 14.8 Å². The lowest BCUT2D eigenvalue weighted by atomic mass is 10.1. The van der Waals surface area contributed by atoms with Crippen LogP contribution in [0.25, 0.3) is 0 Å². The molecule has 1 amide bonds. The topological polar surface area (TPSA) is 50.8 Å². The first-order valence-corrected chi connectivity index (χ1v) is 8.32. The van der Waals surface area contributed by atoms with Gasteiger partial charge in [-0.05, 0) is 48.9 Å². The summed E-state index contributed by atoms with van der Waals surface area (Å²) in [6.07, 6.45) is 0.804. The zero-order valence-electron chi connectivity index (χ0n) is 15.1. The van der Waals surface area contributed by atoms with Crippen molar-refractivity contribution >= 4 is 5.91 Å². The number of carbonyl (C=O) groups is 1. The van der Waals surface area contributed by atoms with Crippen molar-refractivity contribution in [1.29, 1.82) is 0 Å². The molecule has 0 fully saturated rings. The smallest absolute Gasteiger partial charge is 0.234 e. The number of benzene rings is 2. The molecule has 0 aliphatic carbocycles. The number of methoxy groups -OCH3 is 2. The highest BCUT2D eigenvalue weighted by Gasteiger charge is 2.07. The number of carbonyl (C=O) groups excluding carboxylic acids is 1. The zero-order valence-corrected chi connectivity index (χ0v) is 15.1. The van der Waals surface area contributed by atoms with E-state index in [9.17, 15) is 4.79 Å². The maximum absolute atomic E-state index is 12.0. The number of likely N-dealkylation sites (N-methyl/N-ethyl adjacent to an activating group) is 1. The summed E-state index contributed by atoms with van der Waals surface area (Å²) in [5.41, 5.74) is 2.32. The monoisotopic (exact) mass is 342 g/mol. The Morgan fingerprint density at radius 1 is 0.920 bits per heavy atom. The molecule has 1 N–H and O–H groups in total. The summed E-state index contributed by atoms with van der Waals surface area (Å²) < 4.78 is 10.3. The number of rotatable bonds is 9. The fourth-order valence-corrected chi connectivity index (χ4v) is 2.54. The Labute approximate surface area is 149 Å². The van der Waals surface area contributed by atoms with Crippen molar-refractivity contribution < 1.29 is 14.3 Å². The molecule has 134 valence electrons. The average Bonchev–Trinajstić information content (AvgIpc) is 2.63. The van der Waals surface area contributed by atoms with Crippen molar-refractivity contribution in [2.24, 2.45) is 0 Å². The van der Waals surface area contributed by atoms with Crippen LogP contribution in [0.1, 0.15) is 11.1 Å². The summed E-state index contributed by atoms with van der Waals surface area (Å²) in [7, 11) is 5.24. The first-order chi connectivity index (χ1) is 12.1. The summed E-state index contributed by atoms with van der Waals surface area (Å²) >= 11 is 0. The third kappa shape index (κ3) is 6.47. The van der Waals surface area contributed by atoms with Crippen LogP contribution >= 0.6 is 0 Å². The molecule has 0 heterocycles.